The lowest BCUT2D eigenvalue weighted by atomic mass is 10.0. The van der Waals surface area contributed by atoms with Gasteiger partial charge in [-0.1, -0.05) is 76.1 Å². The topological polar surface area (TPSA) is 86.8 Å². The molecule has 10 heteroatoms. The zero-order valence-corrected chi connectivity index (χ0v) is 27.5. The standard InChI is InChI=1S/C33H34BrN3O4S2/c1-24-12-14-28(15-13-24)37(43(40,41)30-18-16-29(42-3)17-19-30)23-32(38)36(22-26-10-7-11-27(34)20-26)31(33(39)35-2)21-25-8-5-4-6-9-25/h4-20,31H,21-23H2,1-3H3,(H,35,39)/t31-/m1/s1. The quantitative estimate of drug-likeness (QED) is 0.184. The number of carbonyl (C=O) groups excluding carboxylic acids is 2. The predicted molar refractivity (Wildman–Crippen MR) is 177 cm³/mol. The van der Waals surface area contributed by atoms with Crippen LogP contribution < -0.4 is 9.62 Å². The maximum Gasteiger partial charge on any atom is 0.264 e. The van der Waals surface area contributed by atoms with Crippen LogP contribution >= 0.6 is 27.7 Å². The summed E-state index contributed by atoms with van der Waals surface area (Å²) in [5.41, 5.74) is 2.98. The number of benzene rings is 4. The van der Waals surface area contributed by atoms with E-state index in [0.717, 1.165) is 30.4 Å². The summed E-state index contributed by atoms with van der Waals surface area (Å²) in [6, 6.07) is 29.6. The number of halogens is 1. The van der Waals surface area contributed by atoms with Crippen molar-refractivity contribution in [2.24, 2.45) is 0 Å². The SMILES string of the molecule is CNC(=O)[C@@H](Cc1ccccc1)N(Cc1cccc(Br)c1)C(=O)CN(c1ccc(C)cc1)S(=O)(=O)c1ccc(SC)cc1. The van der Waals surface area contributed by atoms with E-state index in [2.05, 4.69) is 21.2 Å². The van der Waals surface area contributed by atoms with E-state index in [-0.39, 0.29) is 23.8 Å². The third kappa shape index (κ3) is 8.28. The van der Waals surface area contributed by atoms with E-state index < -0.39 is 28.5 Å². The van der Waals surface area contributed by atoms with Crippen molar-refractivity contribution < 1.29 is 18.0 Å². The van der Waals surface area contributed by atoms with E-state index in [1.165, 1.54) is 23.7 Å². The summed E-state index contributed by atoms with van der Waals surface area (Å²) in [7, 11) is -2.61. The van der Waals surface area contributed by atoms with E-state index in [1.54, 1.807) is 48.5 Å². The first kappa shape index (κ1) is 32.3. The zero-order chi connectivity index (χ0) is 31.0. The highest BCUT2D eigenvalue weighted by atomic mass is 79.9. The Kier molecular flexibility index (Phi) is 11.1. The summed E-state index contributed by atoms with van der Waals surface area (Å²) in [6.07, 6.45) is 2.17. The number of hydrogen-bond donors (Lipinski definition) is 1. The molecule has 0 aliphatic carbocycles. The number of sulfonamides is 1. The van der Waals surface area contributed by atoms with E-state index in [1.807, 2.05) is 67.8 Å². The van der Waals surface area contributed by atoms with Crippen molar-refractivity contribution >= 4 is 55.2 Å². The van der Waals surface area contributed by atoms with Gasteiger partial charge in [0.1, 0.15) is 12.6 Å². The molecule has 0 radical (unpaired) electrons. The van der Waals surface area contributed by atoms with Gasteiger partial charge in [-0.2, -0.15) is 0 Å². The second kappa shape index (κ2) is 14.7. The minimum Gasteiger partial charge on any atom is -0.357 e. The average molecular weight is 681 g/mol. The number of nitrogens with one attached hydrogen (secondary N) is 1. The van der Waals surface area contributed by atoms with Gasteiger partial charge < -0.3 is 10.2 Å². The molecule has 2 amide bonds. The number of aryl methyl sites for hydroxylation is 1. The molecule has 0 spiro atoms. The van der Waals surface area contributed by atoms with Gasteiger partial charge in [0.15, 0.2) is 0 Å². The number of rotatable bonds is 12. The molecule has 224 valence electrons. The molecular formula is C33H34BrN3O4S2. The van der Waals surface area contributed by atoms with Gasteiger partial charge in [-0.25, -0.2) is 8.42 Å². The molecule has 0 aromatic heterocycles. The molecule has 0 aliphatic heterocycles. The van der Waals surface area contributed by atoms with Gasteiger partial charge in [-0.3, -0.25) is 13.9 Å². The lowest BCUT2D eigenvalue weighted by Gasteiger charge is -2.33. The van der Waals surface area contributed by atoms with Crippen LogP contribution in [0.5, 0.6) is 0 Å². The summed E-state index contributed by atoms with van der Waals surface area (Å²) >= 11 is 5.00. The van der Waals surface area contributed by atoms with Crippen molar-refractivity contribution in [2.45, 2.75) is 35.7 Å². The van der Waals surface area contributed by atoms with Crippen LogP contribution in [0.4, 0.5) is 5.69 Å². The summed E-state index contributed by atoms with van der Waals surface area (Å²) in [4.78, 5) is 30.2. The van der Waals surface area contributed by atoms with Crippen LogP contribution in [0.2, 0.25) is 0 Å². The number of hydrogen-bond acceptors (Lipinski definition) is 5. The van der Waals surface area contributed by atoms with Crippen LogP contribution in [0.15, 0.2) is 117 Å². The molecule has 0 saturated carbocycles. The van der Waals surface area contributed by atoms with E-state index in [4.69, 9.17) is 0 Å². The number of nitrogens with zero attached hydrogens (tertiary/aromatic N) is 2. The van der Waals surface area contributed by atoms with E-state index in [0.29, 0.717) is 5.69 Å². The average Bonchev–Trinajstić information content (AvgIpc) is 3.02. The Morgan fingerprint density at radius 3 is 2.14 bits per heavy atom. The molecule has 4 rings (SSSR count). The van der Waals surface area contributed by atoms with Crippen LogP contribution in [0, 0.1) is 6.92 Å². The highest BCUT2D eigenvalue weighted by Gasteiger charge is 2.34. The molecular weight excluding hydrogens is 646 g/mol. The fourth-order valence-corrected chi connectivity index (χ4v) is 6.94. The Hall–Kier alpha value is -3.60. The molecule has 1 atom stereocenters. The first-order valence-corrected chi connectivity index (χ1v) is 17.1. The Labute approximate surface area is 266 Å². The highest BCUT2D eigenvalue weighted by Crippen LogP contribution is 2.27. The number of carbonyl (C=O) groups is 2. The molecule has 1 N–H and O–H groups in total. The van der Waals surface area contributed by atoms with Crippen molar-refractivity contribution in [3.63, 3.8) is 0 Å². The highest BCUT2D eigenvalue weighted by molar-refractivity contribution is 9.10. The second-order valence-corrected chi connectivity index (χ2v) is 13.7. The third-order valence-corrected chi connectivity index (χ3v) is 10.0. The van der Waals surface area contributed by atoms with Gasteiger partial charge >= 0.3 is 0 Å². The fourth-order valence-electron chi connectivity index (χ4n) is 4.67. The van der Waals surface area contributed by atoms with Gasteiger partial charge in [0.05, 0.1) is 10.6 Å². The summed E-state index contributed by atoms with van der Waals surface area (Å²) in [5, 5.41) is 2.70. The minimum absolute atomic E-state index is 0.0735. The maximum absolute atomic E-state index is 14.3. The van der Waals surface area contributed by atoms with Crippen LogP contribution in [0.25, 0.3) is 0 Å². The van der Waals surface area contributed by atoms with Crippen LogP contribution in [0.1, 0.15) is 16.7 Å². The zero-order valence-electron chi connectivity index (χ0n) is 24.2. The Balaban J connectivity index is 1.78. The van der Waals surface area contributed by atoms with E-state index >= 15 is 0 Å². The molecule has 0 aliphatic rings. The molecule has 43 heavy (non-hydrogen) atoms. The number of amides is 2. The first-order valence-electron chi connectivity index (χ1n) is 13.6. The molecule has 4 aromatic carbocycles. The monoisotopic (exact) mass is 679 g/mol. The van der Waals surface area contributed by atoms with Crippen LogP contribution in [-0.2, 0) is 32.6 Å². The van der Waals surface area contributed by atoms with Crippen molar-refractivity contribution in [1.82, 2.24) is 10.2 Å². The first-order chi connectivity index (χ1) is 20.6. The summed E-state index contributed by atoms with van der Waals surface area (Å²) in [5.74, 6) is -0.848. The van der Waals surface area contributed by atoms with Crippen molar-refractivity contribution in [3.8, 4) is 0 Å². The van der Waals surface area contributed by atoms with Crippen molar-refractivity contribution in [3.05, 3.63) is 124 Å². The molecule has 7 nitrogen and oxygen atoms in total. The van der Waals surface area contributed by atoms with Crippen LogP contribution in [0.3, 0.4) is 0 Å². The van der Waals surface area contributed by atoms with Crippen LogP contribution in [-0.4, -0.2) is 51.0 Å². The van der Waals surface area contributed by atoms with Gasteiger partial charge in [-0.05, 0) is 72.8 Å². The van der Waals surface area contributed by atoms with Gasteiger partial charge in [-0.15, -0.1) is 11.8 Å². The van der Waals surface area contributed by atoms with Crippen molar-refractivity contribution in [1.29, 1.82) is 0 Å². The van der Waals surface area contributed by atoms with Gasteiger partial charge in [0, 0.05) is 29.4 Å². The lowest BCUT2D eigenvalue weighted by molar-refractivity contribution is -0.139. The molecule has 0 bridgehead atoms. The fraction of sp³-hybridized carbons (Fsp3) is 0.212. The van der Waals surface area contributed by atoms with Gasteiger partial charge in [0.25, 0.3) is 10.0 Å². The Morgan fingerprint density at radius 1 is 0.884 bits per heavy atom. The second-order valence-electron chi connectivity index (χ2n) is 9.99. The number of thioether (sulfide) groups is 1. The maximum atomic E-state index is 14.3. The smallest absolute Gasteiger partial charge is 0.264 e. The summed E-state index contributed by atoms with van der Waals surface area (Å²) in [6.45, 7) is 1.52. The Bertz CT molecular complexity index is 1650. The summed E-state index contributed by atoms with van der Waals surface area (Å²) < 4.78 is 30.1. The molecule has 0 saturated heterocycles. The molecule has 0 heterocycles. The Morgan fingerprint density at radius 2 is 1.53 bits per heavy atom. The minimum atomic E-state index is -4.14. The number of anilines is 1. The van der Waals surface area contributed by atoms with E-state index in [9.17, 15) is 18.0 Å². The molecule has 0 fully saturated rings. The molecule has 4 aromatic rings. The molecule has 0 unspecified atom stereocenters. The predicted octanol–water partition coefficient (Wildman–Crippen LogP) is 6.06. The van der Waals surface area contributed by atoms with Crippen molar-refractivity contribution in [2.75, 3.05) is 24.2 Å². The largest absolute Gasteiger partial charge is 0.357 e. The lowest BCUT2D eigenvalue weighted by Crippen LogP contribution is -2.53. The van der Waals surface area contributed by atoms with Gasteiger partial charge in [0.2, 0.25) is 11.8 Å². The normalized spacial score (nSPS) is 11.9. The number of likely N-dealkylation sites (N-methyl/N-ethyl adjacent to an activating group) is 1. The third-order valence-electron chi connectivity index (χ3n) is 7.01.